The standard InChI is InChI=1S/C11H16BrNO2/c1-8(13-6-11(15)7-14)9-2-4-10(12)5-3-9/h2-5,8,11,13-15H,6-7H2,1H3/t8-,11+/m1/s1. The van der Waals surface area contributed by atoms with Crippen LogP contribution in [0.2, 0.25) is 0 Å². The maximum atomic E-state index is 9.18. The molecule has 3 N–H and O–H groups in total. The topological polar surface area (TPSA) is 52.5 Å². The van der Waals surface area contributed by atoms with Gasteiger partial charge in [-0.15, -0.1) is 0 Å². The molecule has 0 bridgehead atoms. The van der Waals surface area contributed by atoms with E-state index in [4.69, 9.17) is 5.11 Å². The fourth-order valence-corrected chi connectivity index (χ4v) is 1.51. The predicted molar refractivity (Wildman–Crippen MR) is 63.7 cm³/mol. The van der Waals surface area contributed by atoms with Crippen LogP contribution >= 0.6 is 15.9 Å². The van der Waals surface area contributed by atoms with Gasteiger partial charge in [-0.05, 0) is 24.6 Å². The van der Waals surface area contributed by atoms with E-state index in [0.29, 0.717) is 6.54 Å². The summed E-state index contributed by atoms with van der Waals surface area (Å²) >= 11 is 3.37. The maximum Gasteiger partial charge on any atom is 0.0895 e. The molecule has 1 aromatic rings. The second kappa shape index (κ2) is 6.23. The van der Waals surface area contributed by atoms with Crippen LogP contribution in [0, 0.1) is 0 Å². The lowest BCUT2D eigenvalue weighted by atomic mass is 10.1. The van der Waals surface area contributed by atoms with Crippen molar-refractivity contribution in [2.24, 2.45) is 0 Å². The fourth-order valence-electron chi connectivity index (χ4n) is 1.25. The number of benzene rings is 1. The van der Waals surface area contributed by atoms with Gasteiger partial charge in [-0.1, -0.05) is 28.1 Å². The van der Waals surface area contributed by atoms with Gasteiger partial charge in [-0.3, -0.25) is 0 Å². The van der Waals surface area contributed by atoms with Gasteiger partial charge < -0.3 is 15.5 Å². The maximum absolute atomic E-state index is 9.18. The van der Waals surface area contributed by atoms with Gasteiger partial charge in [0.15, 0.2) is 0 Å². The molecule has 0 aliphatic carbocycles. The van der Waals surface area contributed by atoms with E-state index in [-0.39, 0.29) is 12.6 Å². The first-order valence-electron chi connectivity index (χ1n) is 4.91. The van der Waals surface area contributed by atoms with Gasteiger partial charge in [-0.25, -0.2) is 0 Å². The van der Waals surface area contributed by atoms with E-state index in [1.54, 1.807) is 0 Å². The first-order valence-corrected chi connectivity index (χ1v) is 5.70. The zero-order valence-electron chi connectivity index (χ0n) is 8.65. The molecule has 1 aromatic carbocycles. The number of aliphatic hydroxyl groups is 2. The molecule has 0 amide bonds. The van der Waals surface area contributed by atoms with E-state index in [0.717, 1.165) is 10.0 Å². The van der Waals surface area contributed by atoms with Gasteiger partial charge in [-0.2, -0.15) is 0 Å². The van der Waals surface area contributed by atoms with Crippen LogP contribution in [0.4, 0.5) is 0 Å². The molecule has 2 atom stereocenters. The Bertz CT molecular complexity index is 289. The molecule has 0 saturated heterocycles. The molecule has 0 aromatic heterocycles. The Morgan fingerprint density at radius 1 is 1.33 bits per heavy atom. The highest BCUT2D eigenvalue weighted by Gasteiger charge is 2.07. The molecule has 0 heterocycles. The smallest absolute Gasteiger partial charge is 0.0895 e. The molecule has 0 unspecified atom stereocenters. The van der Waals surface area contributed by atoms with Crippen molar-refractivity contribution in [3.8, 4) is 0 Å². The van der Waals surface area contributed by atoms with Crippen molar-refractivity contribution in [1.29, 1.82) is 0 Å². The molecule has 4 heteroatoms. The third-order valence-corrected chi connectivity index (χ3v) is 2.77. The van der Waals surface area contributed by atoms with Crippen molar-refractivity contribution < 1.29 is 10.2 Å². The second-order valence-electron chi connectivity index (χ2n) is 3.52. The Balaban J connectivity index is 2.46. The van der Waals surface area contributed by atoms with E-state index < -0.39 is 6.10 Å². The van der Waals surface area contributed by atoms with E-state index in [2.05, 4.69) is 21.2 Å². The summed E-state index contributed by atoms with van der Waals surface area (Å²) in [5, 5.41) is 21.0. The average Bonchev–Trinajstić information content (AvgIpc) is 2.26. The van der Waals surface area contributed by atoms with Gasteiger partial charge in [0.2, 0.25) is 0 Å². The largest absolute Gasteiger partial charge is 0.394 e. The van der Waals surface area contributed by atoms with Gasteiger partial charge in [0.25, 0.3) is 0 Å². The molecule has 15 heavy (non-hydrogen) atoms. The minimum atomic E-state index is -0.692. The Kier molecular flexibility index (Phi) is 5.25. The van der Waals surface area contributed by atoms with Gasteiger partial charge in [0, 0.05) is 17.1 Å². The summed E-state index contributed by atoms with van der Waals surface area (Å²) in [5.41, 5.74) is 1.16. The molecule has 0 fully saturated rings. The van der Waals surface area contributed by atoms with Gasteiger partial charge in [0.1, 0.15) is 0 Å². The summed E-state index contributed by atoms with van der Waals surface area (Å²) in [6, 6.07) is 8.17. The second-order valence-corrected chi connectivity index (χ2v) is 4.43. The SMILES string of the molecule is C[C@@H](NC[C@H](O)CO)c1ccc(Br)cc1. The lowest BCUT2D eigenvalue weighted by Crippen LogP contribution is -2.31. The van der Waals surface area contributed by atoms with Crippen LogP contribution in [-0.2, 0) is 0 Å². The van der Waals surface area contributed by atoms with Crippen molar-refractivity contribution in [2.75, 3.05) is 13.2 Å². The third-order valence-electron chi connectivity index (χ3n) is 2.24. The van der Waals surface area contributed by atoms with Crippen molar-refractivity contribution in [2.45, 2.75) is 19.1 Å². The van der Waals surface area contributed by atoms with Gasteiger partial charge >= 0.3 is 0 Å². The lowest BCUT2D eigenvalue weighted by molar-refractivity contribution is 0.0924. The summed E-state index contributed by atoms with van der Waals surface area (Å²) in [6.07, 6.45) is -0.692. The summed E-state index contributed by atoms with van der Waals surface area (Å²) in [5.74, 6) is 0. The first kappa shape index (κ1) is 12.6. The number of aliphatic hydroxyl groups excluding tert-OH is 2. The van der Waals surface area contributed by atoms with Crippen molar-refractivity contribution in [3.05, 3.63) is 34.3 Å². The lowest BCUT2D eigenvalue weighted by Gasteiger charge is -2.16. The first-order chi connectivity index (χ1) is 7.13. The Morgan fingerprint density at radius 3 is 2.47 bits per heavy atom. The Labute approximate surface area is 98.3 Å². The number of hydrogen-bond acceptors (Lipinski definition) is 3. The molecule has 0 saturated carbocycles. The zero-order valence-corrected chi connectivity index (χ0v) is 10.2. The molecular formula is C11H16BrNO2. The van der Waals surface area contributed by atoms with Gasteiger partial charge in [0.05, 0.1) is 12.7 Å². The number of nitrogens with one attached hydrogen (secondary N) is 1. The molecule has 1 rings (SSSR count). The number of halogens is 1. The zero-order chi connectivity index (χ0) is 11.3. The van der Waals surface area contributed by atoms with E-state index in [9.17, 15) is 5.11 Å². The molecule has 0 aliphatic heterocycles. The van der Waals surface area contributed by atoms with Crippen LogP contribution in [0.5, 0.6) is 0 Å². The minimum absolute atomic E-state index is 0.166. The monoisotopic (exact) mass is 273 g/mol. The molecular weight excluding hydrogens is 258 g/mol. The summed E-state index contributed by atoms with van der Waals surface area (Å²) in [7, 11) is 0. The van der Waals surface area contributed by atoms with Crippen LogP contribution < -0.4 is 5.32 Å². The van der Waals surface area contributed by atoms with Crippen LogP contribution in [0.3, 0.4) is 0 Å². The van der Waals surface area contributed by atoms with E-state index in [1.807, 2.05) is 31.2 Å². The highest BCUT2D eigenvalue weighted by Crippen LogP contribution is 2.16. The van der Waals surface area contributed by atoms with Crippen molar-refractivity contribution in [3.63, 3.8) is 0 Å². The Morgan fingerprint density at radius 2 is 1.93 bits per heavy atom. The predicted octanol–water partition coefficient (Wildman–Crippen LogP) is 1.45. The van der Waals surface area contributed by atoms with E-state index >= 15 is 0 Å². The van der Waals surface area contributed by atoms with Crippen molar-refractivity contribution >= 4 is 15.9 Å². The van der Waals surface area contributed by atoms with Crippen LogP contribution in [0.15, 0.2) is 28.7 Å². The molecule has 0 spiro atoms. The molecule has 84 valence electrons. The highest BCUT2D eigenvalue weighted by atomic mass is 79.9. The normalized spacial score (nSPS) is 14.9. The third kappa shape index (κ3) is 4.30. The van der Waals surface area contributed by atoms with E-state index in [1.165, 1.54) is 0 Å². The fraction of sp³-hybridized carbons (Fsp3) is 0.455. The van der Waals surface area contributed by atoms with Crippen LogP contribution in [-0.4, -0.2) is 29.5 Å². The number of rotatable bonds is 5. The van der Waals surface area contributed by atoms with Crippen LogP contribution in [0.25, 0.3) is 0 Å². The number of hydrogen-bond donors (Lipinski definition) is 3. The summed E-state index contributed by atoms with van der Waals surface area (Å²) < 4.78 is 1.05. The quantitative estimate of drug-likeness (QED) is 0.761. The molecule has 0 aliphatic rings. The summed E-state index contributed by atoms with van der Waals surface area (Å²) in [6.45, 7) is 2.21. The van der Waals surface area contributed by atoms with Crippen LogP contribution in [0.1, 0.15) is 18.5 Å². The molecule has 0 radical (unpaired) electrons. The molecule has 3 nitrogen and oxygen atoms in total. The minimum Gasteiger partial charge on any atom is -0.394 e. The van der Waals surface area contributed by atoms with Crippen molar-refractivity contribution in [1.82, 2.24) is 5.32 Å². The Hall–Kier alpha value is -0.420. The highest BCUT2D eigenvalue weighted by molar-refractivity contribution is 9.10. The average molecular weight is 274 g/mol. The summed E-state index contributed by atoms with van der Waals surface area (Å²) in [4.78, 5) is 0.